The summed E-state index contributed by atoms with van der Waals surface area (Å²) in [5, 5.41) is 11.7. The molecule has 2 unspecified atom stereocenters. The highest BCUT2D eigenvalue weighted by atomic mass is 16.4. The quantitative estimate of drug-likeness (QED) is 0.706. The molecule has 0 bridgehead atoms. The molecule has 1 rings (SSSR count). The summed E-state index contributed by atoms with van der Waals surface area (Å²) >= 11 is 0. The van der Waals surface area contributed by atoms with Crippen molar-refractivity contribution in [3.8, 4) is 0 Å². The Bertz CT molecular complexity index is 395. The van der Waals surface area contributed by atoms with Gasteiger partial charge in [-0.25, -0.2) is 4.79 Å². The van der Waals surface area contributed by atoms with Crippen LogP contribution >= 0.6 is 0 Å². The van der Waals surface area contributed by atoms with Crippen molar-refractivity contribution in [3.05, 3.63) is 0 Å². The van der Waals surface area contributed by atoms with Gasteiger partial charge in [-0.3, -0.25) is 9.59 Å². The SMILES string of the molecule is CCCCN1CC(C(=O)NC(CC(C)C)C(=O)O)CC1=O. The first kappa shape index (κ1) is 17.5. The number of likely N-dealkylation sites (tertiary alicyclic amines) is 1. The van der Waals surface area contributed by atoms with Gasteiger partial charge in [0, 0.05) is 19.5 Å². The van der Waals surface area contributed by atoms with Crippen LogP contribution in [-0.2, 0) is 14.4 Å². The Morgan fingerprint density at radius 1 is 1.43 bits per heavy atom. The van der Waals surface area contributed by atoms with Gasteiger partial charge in [-0.1, -0.05) is 27.2 Å². The lowest BCUT2D eigenvalue weighted by Crippen LogP contribution is -2.44. The van der Waals surface area contributed by atoms with Crippen molar-refractivity contribution in [3.63, 3.8) is 0 Å². The minimum Gasteiger partial charge on any atom is -0.480 e. The first-order valence-corrected chi connectivity index (χ1v) is 7.66. The Labute approximate surface area is 125 Å². The van der Waals surface area contributed by atoms with Gasteiger partial charge in [0.05, 0.1) is 5.92 Å². The lowest BCUT2D eigenvalue weighted by atomic mass is 10.0. The van der Waals surface area contributed by atoms with Crippen LogP contribution in [0.4, 0.5) is 0 Å². The summed E-state index contributed by atoms with van der Waals surface area (Å²) in [7, 11) is 0. The van der Waals surface area contributed by atoms with E-state index in [9.17, 15) is 14.4 Å². The van der Waals surface area contributed by atoms with Gasteiger partial charge in [-0.05, 0) is 18.8 Å². The number of amides is 2. The molecular weight excluding hydrogens is 272 g/mol. The molecule has 1 fully saturated rings. The Morgan fingerprint density at radius 3 is 2.62 bits per heavy atom. The molecule has 21 heavy (non-hydrogen) atoms. The molecule has 1 aliphatic rings. The van der Waals surface area contributed by atoms with E-state index in [1.807, 2.05) is 20.8 Å². The number of aliphatic carboxylic acids is 1. The van der Waals surface area contributed by atoms with Gasteiger partial charge in [-0.2, -0.15) is 0 Å². The largest absolute Gasteiger partial charge is 0.480 e. The van der Waals surface area contributed by atoms with Crippen LogP contribution in [-0.4, -0.2) is 46.9 Å². The van der Waals surface area contributed by atoms with Crippen molar-refractivity contribution in [2.45, 2.75) is 52.5 Å². The normalized spacial score (nSPS) is 19.9. The van der Waals surface area contributed by atoms with Crippen LogP contribution in [0, 0.1) is 11.8 Å². The molecule has 2 atom stereocenters. The molecule has 0 aromatic carbocycles. The highest BCUT2D eigenvalue weighted by Gasteiger charge is 2.35. The zero-order chi connectivity index (χ0) is 16.0. The second kappa shape index (κ2) is 8.00. The smallest absolute Gasteiger partial charge is 0.326 e. The second-order valence-corrected chi connectivity index (χ2v) is 6.12. The highest BCUT2D eigenvalue weighted by Crippen LogP contribution is 2.19. The van der Waals surface area contributed by atoms with Crippen LogP contribution < -0.4 is 5.32 Å². The van der Waals surface area contributed by atoms with Gasteiger partial charge in [-0.15, -0.1) is 0 Å². The van der Waals surface area contributed by atoms with E-state index in [1.54, 1.807) is 4.90 Å². The third-order valence-electron chi connectivity index (χ3n) is 3.69. The summed E-state index contributed by atoms with van der Waals surface area (Å²) in [6.45, 7) is 6.95. The van der Waals surface area contributed by atoms with Crippen LogP contribution in [0.1, 0.15) is 46.5 Å². The molecule has 2 N–H and O–H groups in total. The number of hydrogen-bond acceptors (Lipinski definition) is 3. The molecule has 0 saturated carbocycles. The molecule has 0 aromatic rings. The van der Waals surface area contributed by atoms with Crippen LogP contribution in [0.15, 0.2) is 0 Å². The monoisotopic (exact) mass is 298 g/mol. The van der Waals surface area contributed by atoms with E-state index in [-0.39, 0.29) is 24.2 Å². The third kappa shape index (κ3) is 5.36. The number of nitrogens with zero attached hydrogens (tertiary/aromatic N) is 1. The fourth-order valence-electron chi connectivity index (χ4n) is 2.50. The highest BCUT2D eigenvalue weighted by molar-refractivity contribution is 5.91. The van der Waals surface area contributed by atoms with Crippen molar-refractivity contribution in [1.82, 2.24) is 10.2 Å². The summed E-state index contributed by atoms with van der Waals surface area (Å²) in [6.07, 6.45) is 2.49. The topological polar surface area (TPSA) is 86.7 Å². The van der Waals surface area contributed by atoms with Crippen LogP contribution in [0.2, 0.25) is 0 Å². The maximum absolute atomic E-state index is 12.2. The summed E-state index contributed by atoms with van der Waals surface area (Å²) in [6, 6.07) is -0.878. The predicted molar refractivity (Wildman–Crippen MR) is 78.6 cm³/mol. The fraction of sp³-hybridized carbons (Fsp3) is 0.800. The summed E-state index contributed by atoms with van der Waals surface area (Å²) < 4.78 is 0. The van der Waals surface area contributed by atoms with Crippen molar-refractivity contribution in [2.75, 3.05) is 13.1 Å². The van der Waals surface area contributed by atoms with Gasteiger partial charge in [0.25, 0.3) is 0 Å². The van der Waals surface area contributed by atoms with Crippen LogP contribution in [0.25, 0.3) is 0 Å². The summed E-state index contributed by atoms with van der Waals surface area (Å²) in [5.74, 6) is -1.61. The Balaban J connectivity index is 2.55. The Hall–Kier alpha value is -1.59. The lowest BCUT2D eigenvalue weighted by molar-refractivity contribution is -0.142. The van der Waals surface area contributed by atoms with E-state index in [0.717, 1.165) is 12.8 Å². The molecule has 0 spiro atoms. The average Bonchev–Trinajstić information content (AvgIpc) is 2.76. The van der Waals surface area contributed by atoms with Gasteiger partial charge < -0.3 is 15.3 Å². The maximum Gasteiger partial charge on any atom is 0.326 e. The minimum absolute atomic E-state index is 0.0145. The number of rotatable bonds is 8. The number of nitrogens with one attached hydrogen (secondary N) is 1. The van der Waals surface area contributed by atoms with E-state index < -0.39 is 17.9 Å². The molecule has 0 aromatic heterocycles. The molecule has 120 valence electrons. The standard InChI is InChI=1S/C15H26N2O4/c1-4-5-6-17-9-11(8-13(17)18)14(19)16-12(15(20)21)7-10(2)3/h10-12H,4-9H2,1-3H3,(H,16,19)(H,20,21). The number of carbonyl (C=O) groups is 3. The van der Waals surface area contributed by atoms with Gasteiger partial charge >= 0.3 is 5.97 Å². The van der Waals surface area contributed by atoms with E-state index in [0.29, 0.717) is 19.5 Å². The zero-order valence-corrected chi connectivity index (χ0v) is 13.1. The molecule has 1 heterocycles. The van der Waals surface area contributed by atoms with E-state index >= 15 is 0 Å². The molecule has 1 aliphatic heterocycles. The Kier molecular flexibility index (Phi) is 6.65. The molecular formula is C15H26N2O4. The maximum atomic E-state index is 12.2. The minimum atomic E-state index is -1.02. The molecule has 0 radical (unpaired) electrons. The van der Waals surface area contributed by atoms with Crippen molar-refractivity contribution >= 4 is 17.8 Å². The van der Waals surface area contributed by atoms with Gasteiger partial charge in [0.15, 0.2) is 0 Å². The number of carbonyl (C=O) groups excluding carboxylic acids is 2. The molecule has 6 heteroatoms. The third-order valence-corrected chi connectivity index (χ3v) is 3.69. The predicted octanol–water partition coefficient (Wildman–Crippen LogP) is 1.25. The van der Waals surface area contributed by atoms with Crippen LogP contribution in [0.3, 0.4) is 0 Å². The molecule has 6 nitrogen and oxygen atoms in total. The average molecular weight is 298 g/mol. The van der Waals surface area contributed by atoms with E-state index in [4.69, 9.17) is 5.11 Å². The number of carboxylic acids is 1. The lowest BCUT2D eigenvalue weighted by Gasteiger charge is -2.19. The van der Waals surface area contributed by atoms with Crippen molar-refractivity contribution in [1.29, 1.82) is 0 Å². The zero-order valence-electron chi connectivity index (χ0n) is 13.1. The molecule has 2 amide bonds. The first-order valence-electron chi connectivity index (χ1n) is 7.66. The van der Waals surface area contributed by atoms with Crippen molar-refractivity contribution in [2.24, 2.45) is 11.8 Å². The van der Waals surface area contributed by atoms with Crippen LogP contribution in [0.5, 0.6) is 0 Å². The Morgan fingerprint density at radius 2 is 2.10 bits per heavy atom. The fourth-order valence-corrected chi connectivity index (χ4v) is 2.50. The summed E-state index contributed by atoms with van der Waals surface area (Å²) in [4.78, 5) is 36.8. The van der Waals surface area contributed by atoms with Gasteiger partial charge in [0.1, 0.15) is 6.04 Å². The molecule has 0 aliphatic carbocycles. The van der Waals surface area contributed by atoms with Gasteiger partial charge in [0.2, 0.25) is 11.8 Å². The van der Waals surface area contributed by atoms with E-state index in [1.165, 1.54) is 0 Å². The summed E-state index contributed by atoms with van der Waals surface area (Å²) in [5.41, 5.74) is 0. The first-order chi connectivity index (χ1) is 9.85. The van der Waals surface area contributed by atoms with Crippen molar-refractivity contribution < 1.29 is 19.5 Å². The number of carboxylic acid groups (broad SMARTS) is 1. The number of hydrogen-bond donors (Lipinski definition) is 2. The van der Waals surface area contributed by atoms with E-state index in [2.05, 4.69) is 5.32 Å². The second-order valence-electron chi connectivity index (χ2n) is 6.12. The number of unbranched alkanes of at least 4 members (excludes halogenated alkanes) is 1. The molecule has 1 saturated heterocycles.